The summed E-state index contributed by atoms with van der Waals surface area (Å²) in [5.41, 5.74) is -0.735. The molecular formula is C32H45N3O7. The van der Waals surface area contributed by atoms with Crippen molar-refractivity contribution in [3.05, 3.63) is 59.7 Å². The van der Waals surface area contributed by atoms with Crippen molar-refractivity contribution in [1.29, 1.82) is 0 Å². The number of rotatable bonds is 15. The maximum atomic E-state index is 14.1. The number of hydrogen-bond donors (Lipinski definition) is 2. The average Bonchev–Trinajstić information content (AvgIpc) is 3.35. The lowest BCUT2D eigenvalue weighted by molar-refractivity contribution is -0.155. The molecule has 10 nitrogen and oxygen atoms in total. The third kappa shape index (κ3) is 9.19. The number of aliphatic hydroxyl groups excluding tert-OH is 1. The van der Waals surface area contributed by atoms with Crippen molar-refractivity contribution in [2.45, 2.75) is 63.7 Å². The van der Waals surface area contributed by atoms with Gasteiger partial charge in [-0.15, -0.1) is 0 Å². The third-order valence-electron chi connectivity index (χ3n) is 6.62. The minimum Gasteiger partial charge on any atom is -0.497 e. The largest absolute Gasteiger partial charge is 0.497 e. The summed E-state index contributed by atoms with van der Waals surface area (Å²) in [4.78, 5) is 33.9. The molecule has 2 atom stereocenters. The van der Waals surface area contributed by atoms with E-state index in [2.05, 4.69) is 10.2 Å². The predicted molar refractivity (Wildman–Crippen MR) is 161 cm³/mol. The van der Waals surface area contributed by atoms with E-state index in [1.165, 1.54) is 0 Å². The van der Waals surface area contributed by atoms with Gasteiger partial charge in [-0.1, -0.05) is 12.1 Å². The molecule has 1 amide bonds. The monoisotopic (exact) mass is 583 g/mol. The van der Waals surface area contributed by atoms with Crippen LogP contribution in [0.2, 0.25) is 0 Å². The average molecular weight is 584 g/mol. The Morgan fingerprint density at radius 1 is 1.10 bits per heavy atom. The lowest BCUT2D eigenvalue weighted by Gasteiger charge is -2.31. The van der Waals surface area contributed by atoms with Gasteiger partial charge in [-0.2, -0.15) is 0 Å². The number of hydrogen-bond acceptors (Lipinski definition) is 9. The number of nitrogens with one attached hydrogen (secondary N) is 1. The van der Waals surface area contributed by atoms with Gasteiger partial charge < -0.3 is 34.3 Å². The van der Waals surface area contributed by atoms with Crippen LogP contribution in [0.4, 0.5) is 0 Å². The first kappa shape index (κ1) is 32.9. The van der Waals surface area contributed by atoms with E-state index >= 15 is 0 Å². The van der Waals surface area contributed by atoms with E-state index < -0.39 is 23.2 Å². The zero-order chi connectivity index (χ0) is 30.8. The first-order valence-corrected chi connectivity index (χ1v) is 14.4. The van der Waals surface area contributed by atoms with Crippen LogP contribution in [0.3, 0.4) is 0 Å². The van der Waals surface area contributed by atoms with Gasteiger partial charge in [0.25, 0.3) is 5.91 Å². The van der Waals surface area contributed by atoms with Gasteiger partial charge in [0.1, 0.15) is 17.1 Å². The zero-order valence-corrected chi connectivity index (χ0v) is 25.6. The number of aliphatic hydroxyl groups is 1. The maximum Gasteiger partial charge on any atom is 0.306 e. The number of methoxy groups -OCH3 is 1. The van der Waals surface area contributed by atoms with E-state index in [0.29, 0.717) is 42.2 Å². The summed E-state index contributed by atoms with van der Waals surface area (Å²) in [5, 5.41) is 12.1. The molecule has 0 unspecified atom stereocenters. The summed E-state index contributed by atoms with van der Waals surface area (Å²) in [7, 11) is 5.54. The van der Waals surface area contributed by atoms with Crippen LogP contribution in [0.25, 0.3) is 0 Å². The van der Waals surface area contributed by atoms with Gasteiger partial charge in [0.05, 0.1) is 13.7 Å². The Hall–Kier alpha value is -3.63. The van der Waals surface area contributed by atoms with Crippen LogP contribution in [0.15, 0.2) is 53.5 Å². The van der Waals surface area contributed by atoms with Crippen LogP contribution < -0.4 is 14.8 Å². The van der Waals surface area contributed by atoms with Gasteiger partial charge >= 0.3 is 5.97 Å². The molecule has 0 aliphatic carbocycles. The molecule has 10 heteroatoms. The summed E-state index contributed by atoms with van der Waals surface area (Å²) in [6.45, 7) is 7.13. The molecule has 2 aromatic rings. The Morgan fingerprint density at radius 2 is 1.83 bits per heavy atom. The lowest BCUT2D eigenvalue weighted by atomic mass is 9.83. The predicted octanol–water partition coefficient (Wildman–Crippen LogP) is 3.90. The smallest absolute Gasteiger partial charge is 0.306 e. The third-order valence-corrected chi connectivity index (χ3v) is 6.62. The molecule has 0 fully saturated rings. The second-order valence-electron chi connectivity index (χ2n) is 11.6. The van der Waals surface area contributed by atoms with Crippen LogP contribution in [0, 0.1) is 0 Å². The number of carbonyl (C=O) groups is 2. The maximum absolute atomic E-state index is 14.1. The minimum absolute atomic E-state index is 0.0272. The van der Waals surface area contributed by atoms with Crippen molar-refractivity contribution in [3.63, 3.8) is 0 Å². The van der Waals surface area contributed by atoms with Crippen LogP contribution >= 0.6 is 0 Å². The van der Waals surface area contributed by atoms with Gasteiger partial charge in [-0.3, -0.25) is 9.59 Å². The Balaban J connectivity index is 2.01. The number of esters is 1. The highest BCUT2D eigenvalue weighted by atomic mass is 16.6. The zero-order valence-electron chi connectivity index (χ0n) is 25.6. The summed E-state index contributed by atoms with van der Waals surface area (Å²) in [5.74, 6) is 0.806. The van der Waals surface area contributed by atoms with E-state index in [0.717, 1.165) is 13.0 Å². The Bertz CT molecular complexity index is 1210. The molecular weight excluding hydrogens is 538 g/mol. The van der Waals surface area contributed by atoms with Gasteiger partial charge in [-0.25, -0.2) is 4.99 Å². The normalized spacial score (nSPS) is 18.3. The quantitative estimate of drug-likeness (QED) is 0.239. The number of aliphatic imine (C=N–C) groups is 1. The fraction of sp³-hybridized carbons (Fsp3) is 0.531. The van der Waals surface area contributed by atoms with Crippen molar-refractivity contribution in [2.24, 2.45) is 4.99 Å². The molecule has 2 aromatic carbocycles. The molecule has 1 heterocycles. The van der Waals surface area contributed by atoms with E-state index in [4.69, 9.17) is 29.0 Å². The van der Waals surface area contributed by atoms with Crippen molar-refractivity contribution in [1.82, 2.24) is 10.2 Å². The van der Waals surface area contributed by atoms with Crippen molar-refractivity contribution in [2.75, 3.05) is 47.5 Å². The number of ether oxygens (including phenoxy) is 4. The fourth-order valence-electron chi connectivity index (χ4n) is 4.61. The Morgan fingerprint density at radius 3 is 2.48 bits per heavy atom. The molecule has 0 aromatic heterocycles. The van der Waals surface area contributed by atoms with Gasteiger partial charge in [0, 0.05) is 31.6 Å². The first-order valence-electron chi connectivity index (χ1n) is 14.4. The molecule has 0 saturated carbocycles. The van der Waals surface area contributed by atoms with E-state index in [1.807, 2.05) is 71.3 Å². The van der Waals surface area contributed by atoms with Crippen LogP contribution in [0.5, 0.6) is 11.5 Å². The molecule has 42 heavy (non-hydrogen) atoms. The van der Waals surface area contributed by atoms with Crippen LogP contribution in [-0.4, -0.2) is 86.4 Å². The number of amides is 1. The highest BCUT2D eigenvalue weighted by Crippen LogP contribution is 2.44. The molecule has 230 valence electrons. The molecule has 0 saturated heterocycles. The summed E-state index contributed by atoms with van der Waals surface area (Å²) < 4.78 is 23.2. The lowest BCUT2D eigenvalue weighted by Crippen LogP contribution is -2.49. The summed E-state index contributed by atoms with van der Waals surface area (Å²) in [6.07, 6.45) is 0.513. The summed E-state index contributed by atoms with van der Waals surface area (Å²) >= 11 is 0. The molecule has 1 aliphatic rings. The second kappa shape index (κ2) is 15.0. The van der Waals surface area contributed by atoms with E-state index in [1.54, 1.807) is 19.2 Å². The van der Waals surface area contributed by atoms with Gasteiger partial charge in [0.2, 0.25) is 5.90 Å². The van der Waals surface area contributed by atoms with E-state index in [-0.39, 0.29) is 31.3 Å². The Labute approximate surface area is 249 Å². The number of carbonyl (C=O) groups excluding carboxylic acids is 2. The second-order valence-corrected chi connectivity index (χ2v) is 11.6. The molecule has 1 aliphatic heterocycles. The number of benzene rings is 2. The summed E-state index contributed by atoms with van der Waals surface area (Å²) in [6, 6.07) is 14.6. The van der Waals surface area contributed by atoms with Crippen molar-refractivity contribution >= 4 is 17.8 Å². The van der Waals surface area contributed by atoms with Crippen molar-refractivity contribution in [3.8, 4) is 11.5 Å². The molecule has 0 bridgehead atoms. The highest BCUT2D eigenvalue weighted by Gasteiger charge is 2.53. The van der Waals surface area contributed by atoms with Crippen LogP contribution in [-0.2, 0) is 19.1 Å². The van der Waals surface area contributed by atoms with Crippen LogP contribution in [0.1, 0.15) is 63.7 Å². The van der Waals surface area contributed by atoms with Gasteiger partial charge in [-0.05, 0) is 96.2 Å². The standard InChI is InChI=1S/C32H45N3O7/c1-31(2,3)42-27(37)16-17-32(30(38)33-18-8-19-35(4)5)28(24-10-7-11-26(22-24)39-6)41-29(34-32)23-12-14-25(15-13-23)40-21-9-20-36/h7,10-15,22,28,36H,8-9,16-21H2,1-6H3,(H,33,38)/t28-,32-/m1/s1. The first-order chi connectivity index (χ1) is 20.0. The minimum atomic E-state index is -1.44. The molecule has 0 spiro atoms. The number of nitrogens with zero attached hydrogens (tertiary/aromatic N) is 2. The van der Waals surface area contributed by atoms with Gasteiger partial charge in [0.15, 0.2) is 11.6 Å². The molecule has 2 N–H and O–H groups in total. The van der Waals surface area contributed by atoms with E-state index in [9.17, 15) is 9.59 Å². The Kier molecular flexibility index (Phi) is 11.8. The van der Waals surface area contributed by atoms with Crippen molar-refractivity contribution < 1.29 is 33.6 Å². The fourth-order valence-corrected chi connectivity index (χ4v) is 4.61. The highest BCUT2D eigenvalue weighted by molar-refractivity contribution is 6.01. The molecule has 0 radical (unpaired) electrons. The molecule has 3 rings (SSSR count). The topological polar surface area (TPSA) is 119 Å². The SMILES string of the molecule is COc1cccc([C@H]2OC(c3ccc(OCCCO)cc3)=N[C@@]2(CCC(=O)OC(C)(C)C)C(=O)NCCCN(C)C)c1.